The van der Waals surface area contributed by atoms with Crippen LogP contribution in [0.2, 0.25) is 0 Å². The molecule has 3 rings (SSSR count). The van der Waals surface area contributed by atoms with E-state index in [2.05, 4.69) is 15.3 Å². The largest absolute Gasteiger partial charge is 0.331 e. The van der Waals surface area contributed by atoms with Crippen molar-refractivity contribution in [2.75, 3.05) is 5.32 Å². The first-order chi connectivity index (χ1) is 12.4. The van der Waals surface area contributed by atoms with Crippen LogP contribution >= 0.6 is 11.3 Å². The Morgan fingerprint density at radius 2 is 1.88 bits per heavy atom. The first kappa shape index (κ1) is 18.0. The lowest BCUT2D eigenvalue weighted by atomic mass is 10.1. The lowest BCUT2D eigenvalue weighted by Crippen LogP contribution is -2.15. The number of nitrogens with zero attached hydrogens (tertiary/aromatic N) is 3. The van der Waals surface area contributed by atoms with Crippen molar-refractivity contribution in [2.24, 2.45) is 7.05 Å². The minimum atomic E-state index is -0.235. The fraction of sp³-hybridized carbons (Fsp3) is 0.263. The average molecular weight is 368 g/mol. The number of carbonyl (C=O) groups excluding carboxylic acids is 2. The SMILES string of the molecule is Cc1nc(C(=O)Nc2ccc(C(=O)c3nccn3C)cc2)c(C(C)C)s1. The normalized spacial score (nSPS) is 11.0. The number of benzene rings is 1. The Bertz CT molecular complexity index is 954. The standard InChI is InChI=1S/C19H20N4O2S/c1-11(2)17-15(21-12(3)26-17)19(25)22-14-7-5-13(6-8-14)16(24)18-20-9-10-23(18)4/h5-11H,1-4H3,(H,22,25). The van der Waals surface area contributed by atoms with Crippen molar-refractivity contribution >= 4 is 28.7 Å². The predicted molar refractivity (Wildman–Crippen MR) is 102 cm³/mol. The van der Waals surface area contributed by atoms with E-state index in [1.165, 1.54) is 0 Å². The number of carbonyl (C=O) groups is 2. The highest BCUT2D eigenvalue weighted by Crippen LogP contribution is 2.27. The quantitative estimate of drug-likeness (QED) is 0.695. The molecule has 0 aliphatic rings. The van der Waals surface area contributed by atoms with Crippen molar-refractivity contribution in [2.45, 2.75) is 26.7 Å². The molecule has 0 spiro atoms. The minimum absolute atomic E-state index is 0.160. The van der Waals surface area contributed by atoms with Gasteiger partial charge in [0.25, 0.3) is 5.91 Å². The van der Waals surface area contributed by atoms with Crippen LogP contribution in [0.4, 0.5) is 5.69 Å². The molecule has 0 aliphatic carbocycles. The van der Waals surface area contributed by atoms with Gasteiger partial charge in [-0.2, -0.15) is 0 Å². The number of anilines is 1. The van der Waals surface area contributed by atoms with Crippen LogP contribution in [0, 0.1) is 6.92 Å². The third-order valence-electron chi connectivity index (χ3n) is 3.93. The number of thiazole rings is 1. The summed E-state index contributed by atoms with van der Waals surface area (Å²) in [4.78, 5) is 34.4. The molecule has 2 heterocycles. The zero-order valence-corrected chi connectivity index (χ0v) is 15.9. The van der Waals surface area contributed by atoms with Gasteiger partial charge in [-0.3, -0.25) is 9.59 Å². The summed E-state index contributed by atoms with van der Waals surface area (Å²) in [6.45, 7) is 5.98. The highest BCUT2D eigenvalue weighted by Gasteiger charge is 2.19. The van der Waals surface area contributed by atoms with E-state index in [-0.39, 0.29) is 17.6 Å². The summed E-state index contributed by atoms with van der Waals surface area (Å²) in [6.07, 6.45) is 3.31. The van der Waals surface area contributed by atoms with Crippen molar-refractivity contribution < 1.29 is 9.59 Å². The van der Waals surface area contributed by atoms with Gasteiger partial charge in [-0.05, 0) is 37.1 Å². The van der Waals surface area contributed by atoms with E-state index >= 15 is 0 Å². The van der Waals surface area contributed by atoms with Crippen molar-refractivity contribution in [1.82, 2.24) is 14.5 Å². The molecule has 1 N–H and O–H groups in total. The molecule has 3 aromatic rings. The van der Waals surface area contributed by atoms with Crippen LogP contribution < -0.4 is 5.32 Å². The molecule has 0 fully saturated rings. The maximum atomic E-state index is 12.6. The van der Waals surface area contributed by atoms with Gasteiger partial charge in [0.1, 0.15) is 5.69 Å². The number of aromatic nitrogens is 3. The zero-order valence-electron chi connectivity index (χ0n) is 15.1. The van der Waals surface area contributed by atoms with Gasteiger partial charge in [-0.15, -0.1) is 11.3 Å². The Hall–Kier alpha value is -2.80. The number of hydrogen-bond donors (Lipinski definition) is 1. The molecule has 2 aromatic heterocycles. The van der Waals surface area contributed by atoms with E-state index in [1.54, 1.807) is 59.6 Å². The fourth-order valence-corrected chi connectivity index (χ4v) is 3.53. The molecule has 0 atom stereocenters. The molecule has 7 heteroatoms. The van der Waals surface area contributed by atoms with Crippen LogP contribution in [-0.4, -0.2) is 26.2 Å². The maximum absolute atomic E-state index is 12.6. The van der Waals surface area contributed by atoms with Gasteiger partial charge in [-0.1, -0.05) is 13.8 Å². The second kappa shape index (κ2) is 7.21. The number of imidazole rings is 1. The topological polar surface area (TPSA) is 76.9 Å². The number of aryl methyl sites for hydroxylation is 2. The molecule has 0 aliphatic heterocycles. The third-order valence-corrected chi connectivity index (χ3v) is 5.20. The Balaban J connectivity index is 1.77. The molecule has 1 aromatic carbocycles. The maximum Gasteiger partial charge on any atom is 0.275 e. The molecule has 0 bridgehead atoms. The van der Waals surface area contributed by atoms with Gasteiger partial charge in [0.05, 0.1) is 5.01 Å². The molecule has 26 heavy (non-hydrogen) atoms. The molecule has 134 valence electrons. The Labute approximate surface area is 155 Å². The van der Waals surface area contributed by atoms with Gasteiger partial charge < -0.3 is 9.88 Å². The summed E-state index contributed by atoms with van der Waals surface area (Å²) >= 11 is 1.54. The van der Waals surface area contributed by atoms with Crippen LogP contribution in [0.25, 0.3) is 0 Å². The van der Waals surface area contributed by atoms with Crippen LogP contribution in [0.15, 0.2) is 36.7 Å². The molecule has 1 amide bonds. The lowest BCUT2D eigenvalue weighted by Gasteiger charge is -2.08. The summed E-state index contributed by atoms with van der Waals surface area (Å²) in [7, 11) is 1.77. The summed E-state index contributed by atoms with van der Waals surface area (Å²) in [6, 6.07) is 6.79. The number of ketones is 1. The Morgan fingerprint density at radius 3 is 2.46 bits per heavy atom. The smallest absolute Gasteiger partial charge is 0.275 e. The summed E-state index contributed by atoms with van der Waals surface area (Å²) < 4.78 is 1.68. The van der Waals surface area contributed by atoms with Gasteiger partial charge >= 0.3 is 0 Å². The summed E-state index contributed by atoms with van der Waals surface area (Å²) in [5, 5.41) is 3.72. The molecule has 0 saturated heterocycles. The van der Waals surface area contributed by atoms with E-state index in [1.807, 2.05) is 20.8 Å². The van der Waals surface area contributed by atoms with Crippen molar-refractivity contribution in [1.29, 1.82) is 0 Å². The number of hydrogen-bond acceptors (Lipinski definition) is 5. The van der Waals surface area contributed by atoms with E-state index in [0.29, 0.717) is 22.8 Å². The minimum Gasteiger partial charge on any atom is -0.331 e. The van der Waals surface area contributed by atoms with Crippen LogP contribution in [0.3, 0.4) is 0 Å². The number of amides is 1. The Kier molecular flexibility index (Phi) is 4.99. The van der Waals surface area contributed by atoms with Gasteiger partial charge in [0.2, 0.25) is 5.78 Å². The highest BCUT2D eigenvalue weighted by molar-refractivity contribution is 7.12. The van der Waals surface area contributed by atoms with Gasteiger partial charge in [0.15, 0.2) is 5.82 Å². The summed E-state index contributed by atoms with van der Waals surface area (Å²) in [5.41, 5.74) is 1.60. The summed E-state index contributed by atoms with van der Waals surface area (Å²) in [5.74, 6) is 0.217. The second-order valence-electron chi connectivity index (χ2n) is 6.32. The first-order valence-corrected chi connectivity index (χ1v) is 9.09. The molecular weight excluding hydrogens is 348 g/mol. The second-order valence-corrected chi connectivity index (χ2v) is 7.56. The predicted octanol–water partition coefficient (Wildman–Crippen LogP) is 3.79. The fourth-order valence-electron chi connectivity index (χ4n) is 2.61. The molecule has 6 nitrogen and oxygen atoms in total. The van der Waals surface area contributed by atoms with E-state index in [9.17, 15) is 9.59 Å². The average Bonchev–Trinajstić information content (AvgIpc) is 3.20. The monoisotopic (exact) mass is 368 g/mol. The number of rotatable bonds is 5. The third kappa shape index (κ3) is 3.57. The zero-order chi connectivity index (χ0) is 18.8. The highest BCUT2D eigenvalue weighted by atomic mass is 32.1. The van der Waals surface area contributed by atoms with Crippen molar-refractivity contribution in [3.63, 3.8) is 0 Å². The molecule has 0 unspecified atom stereocenters. The van der Waals surface area contributed by atoms with Crippen molar-refractivity contribution in [3.8, 4) is 0 Å². The first-order valence-electron chi connectivity index (χ1n) is 8.27. The number of nitrogens with one attached hydrogen (secondary N) is 1. The van der Waals surface area contributed by atoms with Gasteiger partial charge in [0, 0.05) is 35.6 Å². The van der Waals surface area contributed by atoms with Crippen LogP contribution in [0.1, 0.15) is 56.3 Å². The Morgan fingerprint density at radius 1 is 1.19 bits per heavy atom. The van der Waals surface area contributed by atoms with E-state index < -0.39 is 0 Å². The van der Waals surface area contributed by atoms with Crippen LogP contribution in [-0.2, 0) is 7.05 Å². The lowest BCUT2D eigenvalue weighted by molar-refractivity contribution is 0.101. The molecule has 0 radical (unpaired) electrons. The van der Waals surface area contributed by atoms with Crippen LogP contribution in [0.5, 0.6) is 0 Å². The van der Waals surface area contributed by atoms with Crippen molar-refractivity contribution in [3.05, 3.63) is 63.6 Å². The molecule has 0 saturated carbocycles. The van der Waals surface area contributed by atoms with E-state index in [0.717, 1.165) is 9.88 Å². The molecular formula is C19H20N4O2S. The van der Waals surface area contributed by atoms with Gasteiger partial charge in [-0.25, -0.2) is 9.97 Å². The van der Waals surface area contributed by atoms with E-state index in [4.69, 9.17) is 0 Å².